The first-order chi connectivity index (χ1) is 16.2. The normalized spacial score (nSPS) is 29.6. The first-order valence-electron chi connectivity index (χ1n) is 11.5. The lowest BCUT2D eigenvalue weighted by atomic mass is 9.75. The van der Waals surface area contributed by atoms with Gasteiger partial charge in [0.25, 0.3) is 0 Å². The molecule has 6 rings (SSSR count). The van der Waals surface area contributed by atoms with E-state index in [2.05, 4.69) is 10.2 Å². The molecule has 4 aliphatic heterocycles. The number of carbonyl (C=O) groups excluding carboxylic acids is 4. The Morgan fingerprint density at radius 2 is 1.94 bits per heavy atom. The number of amides is 3. The molecule has 0 radical (unpaired) electrons. The number of nitrogens with zero attached hydrogens (tertiary/aromatic N) is 2. The third-order valence-corrected chi connectivity index (χ3v) is 9.30. The van der Waals surface area contributed by atoms with Crippen molar-refractivity contribution in [3.05, 3.63) is 45.3 Å². The van der Waals surface area contributed by atoms with Gasteiger partial charge in [-0.25, -0.2) is 9.69 Å². The van der Waals surface area contributed by atoms with Crippen molar-refractivity contribution in [2.45, 2.75) is 45.2 Å². The molecule has 1 spiro atoms. The molecule has 8 nitrogen and oxygen atoms in total. The van der Waals surface area contributed by atoms with Crippen LogP contribution in [0.3, 0.4) is 0 Å². The number of ether oxygens (including phenoxy) is 1. The number of aryl methyl sites for hydroxylation is 2. The van der Waals surface area contributed by atoms with Crippen LogP contribution in [0.1, 0.15) is 44.8 Å². The van der Waals surface area contributed by atoms with Crippen LogP contribution in [0.25, 0.3) is 0 Å². The average molecular weight is 480 g/mol. The van der Waals surface area contributed by atoms with E-state index < -0.39 is 29.3 Å². The van der Waals surface area contributed by atoms with Crippen molar-refractivity contribution in [3.63, 3.8) is 0 Å². The summed E-state index contributed by atoms with van der Waals surface area (Å²) in [7, 11) is 1.29. The number of benzene rings is 1. The van der Waals surface area contributed by atoms with Crippen molar-refractivity contribution in [1.29, 1.82) is 0 Å². The highest BCUT2D eigenvalue weighted by Gasteiger charge is 2.75. The molecule has 176 valence electrons. The van der Waals surface area contributed by atoms with Crippen molar-refractivity contribution in [1.82, 2.24) is 4.90 Å². The van der Waals surface area contributed by atoms with Crippen molar-refractivity contribution >= 4 is 45.7 Å². The number of nitrogens with one attached hydrogen (secondary N) is 1. The second-order valence-electron chi connectivity index (χ2n) is 9.64. The van der Waals surface area contributed by atoms with E-state index in [0.717, 1.165) is 28.8 Å². The molecular formula is C25H25N3O5S. The fourth-order valence-electron chi connectivity index (χ4n) is 6.63. The van der Waals surface area contributed by atoms with Crippen molar-refractivity contribution in [3.8, 4) is 0 Å². The van der Waals surface area contributed by atoms with E-state index in [-0.39, 0.29) is 23.4 Å². The maximum Gasteiger partial charge on any atom is 0.341 e. The molecule has 34 heavy (non-hydrogen) atoms. The number of anilines is 2. The minimum absolute atomic E-state index is 0.201. The van der Waals surface area contributed by atoms with Crippen LogP contribution in [0.15, 0.2) is 18.2 Å². The second kappa shape index (κ2) is 6.99. The number of esters is 1. The number of thiophene rings is 1. The summed E-state index contributed by atoms with van der Waals surface area (Å²) in [6, 6.07) is 5.56. The molecule has 1 N–H and O–H groups in total. The Bertz CT molecular complexity index is 1320. The lowest BCUT2D eigenvalue weighted by Gasteiger charge is -2.36. The average Bonchev–Trinajstić information content (AvgIpc) is 3.56. The summed E-state index contributed by atoms with van der Waals surface area (Å²) >= 11 is 1.24. The Morgan fingerprint density at radius 3 is 2.68 bits per heavy atom. The van der Waals surface area contributed by atoms with Gasteiger partial charge in [-0.15, -0.1) is 11.3 Å². The van der Waals surface area contributed by atoms with E-state index in [0.29, 0.717) is 22.8 Å². The minimum Gasteiger partial charge on any atom is -0.465 e. The molecule has 9 heteroatoms. The molecule has 0 unspecified atom stereocenters. The number of carbonyl (C=O) groups is 4. The summed E-state index contributed by atoms with van der Waals surface area (Å²) in [5.74, 6) is -3.06. The standard InChI is InChI=1S/C25H25N3O5S/c1-11-7-8-15-14(10-11)25(24(32)26-15)19-18(16-6-5-9-27(16)25)20(29)28(21(19)30)22-17(23(31)33-4)12(2)13(3)34-22/h7-8,10,16,18-19H,5-6,9H2,1-4H3,(H,26,32)/t16-,18+,19-,25+/m0/s1. The number of hydrogen-bond acceptors (Lipinski definition) is 7. The van der Waals surface area contributed by atoms with Crippen molar-refractivity contribution in [2.24, 2.45) is 11.8 Å². The summed E-state index contributed by atoms with van der Waals surface area (Å²) in [6.07, 6.45) is 1.60. The molecule has 0 aliphatic carbocycles. The van der Waals surface area contributed by atoms with Gasteiger partial charge in [0.15, 0.2) is 0 Å². The highest BCUT2D eigenvalue weighted by atomic mass is 32.1. The molecule has 3 fully saturated rings. The number of fused-ring (bicyclic) bond motifs is 7. The zero-order chi connectivity index (χ0) is 24.1. The largest absolute Gasteiger partial charge is 0.465 e. The first-order valence-corrected chi connectivity index (χ1v) is 12.3. The molecule has 3 amide bonds. The van der Waals surface area contributed by atoms with Gasteiger partial charge < -0.3 is 10.1 Å². The third-order valence-electron chi connectivity index (χ3n) is 8.11. The summed E-state index contributed by atoms with van der Waals surface area (Å²) < 4.78 is 4.98. The van der Waals surface area contributed by atoms with E-state index >= 15 is 0 Å². The minimum atomic E-state index is -1.22. The summed E-state index contributed by atoms with van der Waals surface area (Å²) in [5.41, 5.74) is 2.17. The molecule has 4 aliphatic rings. The third kappa shape index (κ3) is 2.36. The van der Waals surface area contributed by atoms with E-state index in [1.54, 1.807) is 6.92 Å². The van der Waals surface area contributed by atoms with Crippen LogP contribution < -0.4 is 10.2 Å². The molecule has 0 bridgehead atoms. The fraction of sp³-hybridized carbons (Fsp3) is 0.440. The summed E-state index contributed by atoms with van der Waals surface area (Å²) in [4.78, 5) is 58.6. The Kier molecular flexibility index (Phi) is 4.42. The van der Waals surface area contributed by atoms with Gasteiger partial charge in [-0.2, -0.15) is 0 Å². The molecule has 3 saturated heterocycles. The van der Waals surface area contributed by atoms with Gasteiger partial charge in [0, 0.05) is 22.2 Å². The van der Waals surface area contributed by atoms with Crippen LogP contribution >= 0.6 is 11.3 Å². The lowest BCUT2D eigenvalue weighted by molar-refractivity contribution is -0.135. The maximum atomic E-state index is 14.2. The number of hydrogen-bond donors (Lipinski definition) is 1. The monoisotopic (exact) mass is 479 g/mol. The smallest absolute Gasteiger partial charge is 0.341 e. The second-order valence-corrected chi connectivity index (χ2v) is 10.8. The molecular weight excluding hydrogens is 454 g/mol. The first kappa shape index (κ1) is 21.5. The van der Waals surface area contributed by atoms with Gasteiger partial charge in [0.1, 0.15) is 10.5 Å². The summed E-state index contributed by atoms with van der Waals surface area (Å²) in [5, 5.41) is 3.29. The quantitative estimate of drug-likeness (QED) is 0.526. The van der Waals surface area contributed by atoms with Gasteiger partial charge in [-0.3, -0.25) is 19.3 Å². The number of imide groups is 1. The van der Waals surface area contributed by atoms with Gasteiger partial charge in [0.05, 0.1) is 24.5 Å². The zero-order valence-corrected chi connectivity index (χ0v) is 20.2. The van der Waals surface area contributed by atoms with Gasteiger partial charge >= 0.3 is 5.97 Å². The van der Waals surface area contributed by atoms with Crippen LogP contribution in [0.2, 0.25) is 0 Å². The van der Waals surface area contributed by atoms with Crippen LogP contribution in [0.4, 0.5) is 10.7 Å². The van der Waals surface area contributed by atoms with Crippen LogP contribution in [-0.4, -0.2) is 48.3 Å². The lowest BCUT2D eigenvalue weighted by Crippen LogP contribution is -2.54. The van der Waals surface area contributed by atoms with Crippen LogP contribution in [0.5, 0.6) is 0 Å². The maximum absolute atomic E-state index is 14.2. The molecule has 0 saturated carbocycles. The Balaban J connectivity index is 1.56. The SMILES string of the molecule is COC(=O)c1c(N2C(=O)[C@H]3[C@@H](C2=O)[C@]2(C(=O)Nc4ccc(C)cc42)N2CCC[C@@H]32)sc(C)c1C. The van der Waals surface area contributed by atoms with E-state index in [9.17, 15) is 19.2 Å². The van der Waals surface area contributed by atoms with Crippen molar-refractivity contribution < 1.29 is 23.9 Å². The molecule has 4 atom stereocenters. The predicted molar refractivity (Wildman–Crippen MR) is 126 cm³/mol. The predicted octanol–water partition coefficient (Wildman–Crippen LogP) is 2.89. The molecule has 1 aromatic carbocycles. The van der Waals surface area contributed by atoms with E-state index in [1.165, 1.54) is 23.3 Å². The Labute approximate surface area is 200 Å². The summed E-state index contributed by atoms with van der Waals surface area (Å²) in [6.45, 7) is 6.25. The highest BCUT2D eigenvalue weighted by Crippen LogP contribution is 2.61. The fourth-order valence-corrected chi connectivity index (χ4v) is 7.78. The van der Waals surface area contributed by atoms with E-state index in [1.807, 2.05) is 32.0 Å². The number of methoxy groups -OCH3 is 1. The number of rotatable bonds is 2. The molecule has 5 heterocycles. The van der Waals surface area contributed by atoms with E-state index in [4.69, 9.17) is 4.74 Å². The van der Waals surface area contributed by atoms with Gasteiger partial charge in [-0.1, -0.05) is 17.7 Å². The Morgan fingerprint density at radius 1 is 1.18 bits per heavy atom. The van der Waals surface area contributed by atoms with Crippen molar-refractivity contribution in [2.75, 3.05) is 23.9 Å². The van der Waals surface area contributed by atoms with Gasteiger partial charge in [0.2, 0.25) is 17.7 Å². The molecule has 1 aromatic heterocycles. The zero-order valence-electron chi connectivity index (χ0n) is 19.4. The van der Waals surface area contributed by atoms with Crippen LogP contribution in [-0.2, 0) is 24.7 Å². The Hall–Kier alpha value is -3.04. The highest BCUT2D eigenvalue weighted by molar-refractivity contribution is 7.17. The molecule has 2 aromatic rings. The van der Waals surface area contributed by atoms with Gasteiger partial charge in [-0.05, 0) is 51.8 Å². The topological polar surface area (TPSA) is 96.0 Å². The van der Waals surface area contributed by atoms with Crippen LogP contribution in [0, 0.1) is 32.6 Å².